The first-order valence-corrected chi connectivity index (χ1v) is 12.0. The van der Waals surface area contributed by atoms with E-state index in [2.05, 4.69) is 36.6 Å². The molecule has 2 aromatic rings. The first-order valence-electron chi connectivity index (χ1n) is 9.32. The van der Waals surface area contributed by atoms with Crippen LogP contribution in [-0.4, -0.2) is 39.2 Å². The van der Waals surface area contributed by atoms with Gasteiger partial charge in [0.15, 0.2) is 5.75 Å². The number of anilines is 2. The Morgan fingerprint density at radius 2 is 1.80 bits per heavy atom. The number of carbonyl (C=O) groups excluding carboxylic acids is 1. The van der Waals surface area contributed by atoms with Crippen molar-refractivity contribution in [3.05, 3.63) is 45.9 Å². The number of rotatable bonds is 6. The van der Waals surface area contributed by atoms with Crippen LogP contribution in [0.3, 0.4) is 0 Å². The number of aromatic hydroxyl groups is 1. The van der Waals surface area contributed by atoms with E-state index in [0.29, 0.717) is 10.2 Å². The molecule has 0 unspecified atom stereocenters. The van der Waals surface area contributed by atoms with Crippen molar-refractivity contribution < 1.29 is 18.3 Å². The Kier molecular flexibility index (Phi) is 7.59. The zero-order valence-electron chi connectivity index (χ0n) is 15.9. The zero-order chi connectivity index (χ0) is 21.7. The lowest BCUT2D eigenvalue weighted by atomic mass is 9.99. The van der Waals surface area contributed by atoms with Gasteiger partial charge in [0.2, 0.25) is 10.0 Å². The van der Waals surface area contributed by atoms with Crippen molar-refractivity contribution in [1.82, 2.24) is 10.0 Å². The summed E-state index contributed by atoms with van der Waals surface area (Å²) in [5.74, 6) is -0.416. The van der Waals surface area contributed by atoms with Gasteiger partial charge in [-0.15, -0.1) is 0 Å². The molecular weight excluding hydrogens is 496 g/mol. The Morgan fingerprint density at radius 3 is 2.50 bits per heavy atom. The zero-order valence-corrected chi connectivity index (χ0v) is 19.1. The molecule has 3 rings (SSSR count). The molecule has 30 heavy (non-hydrogen) atoms. The highest BCUT2D eigenvalue weighted by Crippen LogP contribution is 2.37. The smallest absolute Gasteiger partial charge is 0.323 e. The van der Waals surface area contributed by atoms with Gasteiger partial charge in [0.05, 0.1) is 16.4 Å². The van der Waals surface area contributed by atoms with Gasteiger partial charge in [-0.05, 0) is 72.0 Å². The lowest BCUT2D eigenvalue weighted by Gasteiger charge is -2.23. The van der Waals surface area contributed by atoms with E-state index < -0.39 is 26.7 Å². The number of sulfonamides is 1. The third-order valence-corrected chi connectivity index (χ3v) is 7.36. The second kappa shape index (κ2) is 9.97. The Labute approximate surface area is 188 Å². The van der Waals surface area contributed by atoms with Crippen LogP contribution >= 0.6 is 27.5 Å². The molecule has 1 fully saturated rings. The highest BCUT2D eigenvalue weighted by Gasteiger charge is 2.26. The molecule has 0 aliphatic carbocycles. The second-order valence-electron chi connectivity index (χ2n) is 6.88. The molecule has 0 radical (unpaired) electrons. The molecule has 11 heteroatoms. The highest BCUT2D eigenvalue weighted by molar-refractivity contribution is 9.10. The quantitative estimate of drug-likeness (QED) is 0.374. The third-order valence-electron chi connectivity index (χ3n) is 4.74. The number of hydrogen-bond acceptors (Lipinski definition) is 5. The van der Waals surface area contributed by atoms with E-state index >= 15 is 0 Å². The maximum Gasteiger partial charge on any atom is 0.323 e. The molecule has 1 saturated heterocycles. The van der Waals surface area contributed by atoms with Crippen LogP contribution in [0, 0.1) is 5.92 Å². The number of nitrogens with one attached hydrogen (secondary N) is 4. The molecule has 0 bridgehead atoms. The van der Waals surface area contributed by atoms with Gasteiger partial charge in [0, 0.05) is 11.0 Å². The minimum atomic E-state index is -4.08. The van der Waals surface area contributed by atoms with Crippen LogP contribution in [0.4, 0.5) is 16.2 Å². The van der Waals surface area contributed by atoms with Gasteiger partial charge in [0.1, 0.15) is 4.90 Å². The van der Waals surface area contributed by atoms with Gasteiger partial charge in [0.25, 0.3) is 0 Å². The molecular formula is C19H22BrClN4O4S. The van der Waals surface area contributed by atoms with Crippen molar-refractivity contribution in [2.45, 2.75) is 17.7 Å². The number of carbonyl (C=O) groups is 1. The van der Waals surface area contributed by atoms with E-state index in [-0.39, 0.29) is 23.2 Å². The van der Waals surface area contributed by atoms with Crippen molar-refractivity contribution >= 4 is 55.0 Å². The predicted molar refractivity (Wildman–Crippen MR) is 121 cm³/mol. The number of amides is 2. The molecule has 8 nitrogen and oxygen atoms in total. The summed E-state index contributed by atoms with van der Waals surface area (Å²) in [6.45, 7) is 1.93. The number of hydrogen-bond donors (Lipinski definition) is 5. The minimum Gasteiger partial charge on any atom is -0.504 e. The first-order chi connectivity index (χ1) is 14.3. The average Bonchev–Trinajstić information content (AvgIpc) is 2.71. The number of phenolic OH excluding ortho intramolecular Hbond substituents is 1. The molecule has 1 aliphatic heterocycles. The SMILES string of the molecule is O=C(Nc1ccccc1Br)Nc1ccc(Cl)c(S(=O)(=O)NCC2CCNCC2)c1O. The third kappa shape index (κ3) is 5.64. The highest BCUT2D eigenvalue weighted by atomic mass is 79.9. The Balaban J connectivity index is 1.75. The number of halogens is 2. The fourth-order valence-electron chi connectivity index (χ4n) is 3.13. The summed E-state index contributed by atoms with van der Waals surface area (Å²) in [6, 6.07) is 8.99. The van der Waals surface area contributed by atoms with Crippen LogP contribution in [-0.2, 0) is 10.0 Å². The monoisotopic (exact) mass is 516 g/mol. The minimum absolute atomic E-state index is 0.0776. The number of para-hydroxylation sites is 1. The summed E-state index contributed by atoms with van der Waals surface area (Å²) in [7, 11) is -4.08. The van der Waals surface area contributed by atoms with Crippen LogP contribution in [0.15, 0.2) is 45.8 Å². The topological polar surface area (TPSA) is 120 Å². The average molecular weight is 518 g/mol. The second-order valence-corrected chi connectivity index (χ2v) is 9.84. The summed E-state index contributed by atoms with van der Waals surface area (Å²) in [4.78, 5) is 11.8. The van der Waals surface area contributed by atoms with Crippen LogP contribution in [0.5, 0.6) is 5.75 Å². The van der Waals surface area contributed by atoms with Gasteiger partial charge >= 0.3 is 6.03 Å². The fraction of sp³-hybridized carbons (Fsp3) is 0.316. The number of phenols is 1. The van der Waals surface area contributed by atoms with E-state index in [1.165, 1.54) is 12.1 Å². The molecule has 5 N–H and O–H groups in total. The van der Waals surface area contributed by atoms with Crippen LogP contribution in [0.2, 0.25) is 5.02 Å². The van der Waals surface area contributed by atoms with Crippen molar-refractivity contribution in [1.29, 1.82) is 0 Å². The molecule has 0 atom stereocenters. The van der Waals surface area contributed by atoms with E-state index in [1.807, 2.05) is 0 Å². The van der Waals surface area contributed by atoms with Crippen molar-refractivity contribution in [2.24, 2.45) is 5.92 Å². The van der Waals surface area contributed by atoms with E-state index in [4.69, 9.17) is 11.6 Å². The maximum atomic E-state index is 12.8. The van der Waals surface area contributed by atoms with Gasteiger partial charge in [-0.2, -0.15) is 0 Å². The summed E-state index contributed by atoms with van der Waals surface area (Å²) < 4.78 is 28.8. The summed E-state index contributed by atoms with van der Waals surface area (Å²) in [6.07, 6.45) is 1.72. The summed E-state index contributed by atoms with van der Waals surface area (Å²) >= 11 is 9.39. The molecule has 2 amide bonds. The molecule has 2 aromatic carbocycles. The van der Waals surface area contributed by atoms with Gasteiger partial charge in [-0.3, -0.25) is 0 Å². The van der Waals surface area contributed by atoms with E-state index in [9.17, 15) is 18.3 Å². The Hall–Kier alpha value is -1.85. The Bertz CT molecular complexity index is 1030. The maximum absolute atomic E-state index is 12.8. The van der Waals surface area contributed by atoms with E-state index in [1.54, 1.807) is 24.3 Å². The Morgan fingerprint density at radius 1 is 1.13 bits per heavy atom. The molecule has 1 aliphatic rings. The van der Waals surface area contributed by atoms with Crippen LogP contribution in [0.25, 0.3) is 0 Å². The summed E-state index contributed by atoms with van der Waals surface area (Å²) in [5, 5.41) is 18.7. The van der Waals surface area contributed by atoms with Crippen molar-refractivity contribution in [2.75, 3.05) is 30.3 Å². The van der Waals surface area contributed by atoms with Gasteiger partial charge in [-0.25, -0.2) is 17.9 Å². The van der Waals surface area contributed by atoms with Crippen LogP contribution < -0.4 is 20.7 Å². The predicted octanol–water partition coefficient (Wildman–Crippen LogP) is 3.73. The lowest BCUT2D eigenvalue weighted by molar-refractivity contribution is 0.262. The first kappa shape index (κ1) is 22.8. The molecule has 0 spiro atoms. The number of benzene rings is 2. The lowest BCUT2D eigenvalue weighted by Crippen LogP contribution is -2.36. The van der Waals surface area contributed by atoms with E-state index in [0.717, 1.165) is 25.9 Å². The van der Waals surface area contributed by atoms with Crippen molar-refractivity contribution in [3.63, 3.8) is 0 Å². The number of urea groups is 1. The summed E-state index contributed by atoms with van der Waals surface area (Å²) in [5.41, 5.74) is 0.436. The van der Waals surface area contributed by atoms with Crippen molar-refractivity contribution in [3.8, 4) is 5.75 Å². The normalized spacial score (nSPS) is 15.0. The standard InChI is InChI=1S/C19H22BrClN4O4S/c20-13-3-1-2-4-15(13)24-19(27)25-16-6-5-14(21)18(17(16)26)30(28,29)23-11-12-7-9-22-10-8-12/h1-6,12,22-23,26H,7-11H2,(H2,24,25,27). The van der Waals surface area contributed by atoms with Gasteiger partial charge < -0.3 is 21.1 Å². The molecule has 1 heterocycles. The fourth-order valence-corrected chi connectivity index (χ4v) is 5.26. The van der Waals surface area contributed by atoms with Gasteiger partial charge in [-0.1, -0.05) is 23.7 Å². The molecule has 0 saturated carbocycles. The molecule has 162 valence electrons. The largest absolute Gasteiger partial charge is 0.504 e. The van der Waals surface area contributed by atoms with Crippen LogP contribution in [0.1, 0.15) is 12.8 Å². The molecule has 0 aromatic heterocycles. The number of piperidine rings is 1.